The predicted molar refractivity (Wildman–Crippen MR) is 72.7 cm³/mol. The monoisotopic (exact) mass is 282 g/mol. The molecule has 0 fully saturated rings. The lowest BCUT2D eigenvalue weighted by Gasteiger charge is -2.09. The number of nitrogens with one attached hydrogen (secondary N) is 1. The Morgan fingerprint density at radius 2 is 2.33 bits per heavy atom. The second-order valence-electron chi connectivity index (χ2n) is 3.62. The Morgan fingerprint density at radius 1 is 1.50 bits per heavy atom. The lowest BCUT2D eigenvalue weighted by atomic mass is 10.1. The molecule has 4 nitrogen and oxygen atoms in total. The summed E-state index contributed by atoms with van der Waals surface area (Å²) in [6.07, 6.45) is 0.745. The summed E-state index contributed by atoms with van der Waals surface area (Å²) in [4.78, 5) is 15.3. The fourth-order valence-electron chi connectivity index (χ4n) is 1.58. The Kier molecular flexibility index (Phi) is 4.17. The number of anilines is 1. The maximum absolute atomic E-state index is 11.1. The number of thiazole rings is 1. The van der Waals surface area contributed by atoms with Gasteiger partial charge in [0.25, 0.3) is 0 Å². The first-order valence-electron chi connectivity index (χ1n) is 5.31. The van der Waals surface area contributed by atoms with Gasteiger partial charge in [0.2, 0.25) is 0 Å². The van der Waals surface area contributed by atoms with Crippen LogP contribution in [0.1, 0.15) is 16.1 Å². The van der Waals surface area contributed by atoms with Gasteiger partial charge in [-0.05, 0) is 12.1 Å². The van der Waals surface area contributed by atoms with E-state index >= 15 is 0 Å². The van der Waals surface area contributed by atoms with E-state index in [-0.39, 0.29) is 10.6 Å². The first-order chi connectivity index (χ1) is 8.68. The standard InChI is InChI=1S/C12H11ClN2O2S/c13-9-2-1-3-10(11(9)12(16)17)14-5-4-8-6-18-7-15-8/h1-3,6-7,14H,4-5H2,(H,16,17). The zero-order chi connectivity index (χ0) is 13.0. The molecule has 6 heteroatoms. The van der Waals surface area contributed by atoms with Crippen LogP contribution in [0.3, 0.4) is 0 Å². The Hall–Kier alpha value is -1.59. The molecule has 0 radical (unpaired) electrons. The summed E-state index contributed by atoms with van der Waals surface area (Å²) in [6, 6.07) is 4.99. The largest absolute Gasteiger partial charge is 0.478 e. The SMILES string of the molecule is O=C(O)c1c(Cl)cccc1NCCc1cscn1. The first-order valence-corrected chi connectivity index (χ1v) is 6.63. The molecular weight excluding hydrogens is 272 g/mol. The second kappa shape index (κ2) is 5.84. The molecule has 0 aliphatic rings. The maximum Gasteiger partial charge on any atom is 0.339 e. The summed E-state index contributed by atoms with van der Waals surface area (Å²) in [5.74, 6) is -1.03. The number of carbonyl (C=O) groups is 1. The third kappa shape index (κ3) is 3.00. The number of hydrogen-bond acceptors (Lipinski definition) is 4. The average molecular weight is 283 g/mol. The van der Waals surface area contributed by atoms with Crippen molar-refractivity contribution < 1.29 is 9.90 Å². The lowest BCUT2D eigenvalue weighted by molar-refractivity contribution is 0.0698. The molecule has 2 aromatic rings. The number of halogens is 1. The molecule has 2 N–H and O–H groups in total. The zero-order valence-electron chi connectivity index (χ0n) is 9.39. The van der Waals surface area contributed by atoms with E-state index in [1.165, 1.54) is 0 Å². The summed E-state index contributed by atoms with van der Waals surface area (Å²) >= 11 is 7.41. The highest BCUT2D eigenvalue weighted by Gasteiger charge is 2.13. The van der Waals surface area contributed by atoms with Gasteiger partial charge in [-0.2, -0.15) is 0 Å². The predicted octanol–water partition coefficient (Wildman–Crippen LogP) is 3.15. The van der Waals surface area contributed by atoms with E-state index < -0.39 is 5.97 Å². The fraction of sp³-hybridized carbons (Fsp3) is 0.167. The molecule has 2 rings (SSSR count). The van der Waals surface area contributed by atoms with Crippen molar-refractivity contribution in [1.29, 1.82) is 0 Å². The van der Waals surface area contributed by atoms with Crippen molar-refractivity contribution in [2.45, 2.75) is 6.42 Å². The van der Waals surface area contributed by atoms with Crippen LogP contribution in [-0.2, 0) is 6.42 Å². The molecule has 0 aliphatic heterocycles. The van der Waals surface area contributed by atoms with Crippen LogP contribution in [-0.4, -0.2) is 22.6 Å². The van der Waals surface area contributed by atoms with E-state index in [4.69, 9.17) is 16.7 Å². The number of carboxylic acid groups (broad SMARTS) is 1. The van der Waals surface area contributed by atoms with E-state index in [0.29, 0.717) is 12.2 Å². The zero-order valence-corrected chi connectivity index (χ0v) is 11.0. The molecular formula is C12H11ClN2O2S. The minimum atomic E-state index is -1.03. The fourth-order valence-corrected chi connectivity index (χ4v) is 2.42. The van der Waals surface area contributed by atoms with Crippen molar-refractivity contribution in [2.24, 2.45) is 0 Å². The van der Waals surface area contributed by atoms with Crippen LogP contribution < -0.4 is 5.32 Å². The van der Waals surface area contributed by atoms with Gasteiger partial charge in [0.05, 0.1) is 21.9 Å². The van der Waals surface area contributed by atoms with E-state index in [1.807, 2.05) is 5.38 Å². The number of rotatable bonds is 5. The highest BCUT2D eigenvalue weighted by Crippen LogP contribution is 2.24. The topological polar surface area (TPSA) is 62.2 Å². The van der Waals surface area contributed by atoms with Crippen LogP contribution in [0.25, 0.3) is 0 Å². The molecule has 0 spiro atoms. The molecule has 0 saturated carbocycles. The van der Waals surface area contributed by atoms with Gasteiger partial charge in [-0.3, -0.25) is 0 Å². The molecule has 0 amide bonds. The number of benzene rings is 1. The molecule has 94 valence electrons. The van der Waals surface area contributed by atoms with Gasteiger partial charge in [0, 0.05) is 18.3 Å². The summed E-state index contributed by atoms with van der Waals surface area (Å²) in [5, 5.41) is 14.4. The molecule has 18 heavy (non-hydrogen) atoms. The van der Waals surface area contributed by atoms with Crippen molar-refractivity contribution >= 4 is 34.6 Å². The molecule has 1 aromatic heterocycles. The van der Waals surface area contributed by atoms with Gasteiger partial charge in [0.1, 0.15) is 5.56 Å². The Labute approximate surface area is 113 Å². The molecule has 1 heterocycles. The minimum Gasteiger partial charge on any atom is -0.478 e. The third-order valence-corrected chi connectivity index (χ3v) is 3.36. The van der Waals surface area contributed by atoms with Crippen molar-refractivity contribution in [3.8, 4) is 0 Å². The Balaban J connectivity index is 2.05. The molecule has 1 aromatic carbocycles. The summed E-state index contributed by atoms with van der Waals surface area (Å²) in [5.41, 5.74) is 3.41. The third-order valence-electron chi connectivity index (χ3n) is 2.41. The van der Waals surface area contributed by atoms with Crippen LogP contribution >= 0.6 is 22.9 Å². The van der Waals surface area contributed by atoms with Crippen LogP contribution in [0, 0.1) is 0 Å². The van der Waals surface area contributed by atoms with Crippen LogP contribution in [0.4, 0.5) is 5.69 Å². The van der Waals surface area contributed by atoms with Crippen molar-refractivity contribution in [3.05, 3.63) is 45.4 Å². The van der Waals surface area contributed by atoms with E-state index in [2.05, 4.69) is 10.3 Å². The molecule has 0 bridgehead atoms. The number of hydrogen-bond donors (Lipinski definition) is 2. The number of nitrogens with zero attached hydrogens (tertiary/aromatic N) is 1. The normalized spacial score (nSPS) is 10.3. The highest BCUT2D eigenvalue weighted by atomic mass is 35.5. The number of aromatic nitrogens is 1. The van der Waals surface area contributed by atoms with Crippen LogP contribution in [0.15, 0.2) is 29.1 Å². The van der Waals surface area contributed by atoms with Gasteiger partial charge in [0.15, 0.2) is 0 Å². The molecule has 0 aliphatic carbocycles. The Morgan fingerprint density at radius 3 is 3.00 bits per heavy atom. The van der Waals surface area contributed by atoms with Crippen molar-refractivity contribution in [3.63, 3.8) is 0 Å². The van der Waals surface area contributed by atoms with Gasteiger partial charge in [-0.25, -0.2) is 9.78 Å². The molecule has 0 saturated heterocycles. The van der Waals surface area contributed by atoms with Crippen molar-refractivity contribution in [2.75, 3.05) is 11.9 Å². The van der Waals surface area contributed by atoms with Gasteiger partial charge >= 0.3 is 5.97 Å². The summed E-state index contributed by atoms with van der Waals surface area (Å²) in [6.45, 7) is 0.615. The van der Waals surface area contributed by atoms with Gasteiger partial charge in [-0.15, -0.1) is 11.3 Å². The lowest BCUT2D eigenvalue weighted by Crippen LogP contribution is -2.10. The van der Waals surface area contributed by atoms with Crippen LogP contribution in [0.5, 0.6) is 0 Å². The van der Waals surface area contributed by atoms with E-state index in [9.17, 15) is 4.79 Å². The maximum atomic E-state index is 11.1. The second-order valence-corrected chi connectivity index (χ2v) is 4.75. The minimum absolute atomic E-state index is 0.109. The summed E-state index contributed by atoms with van der Waals surface area (Å²) < 4.78 is 0. The molecule has 0 atom stereocenters. The average Bonchev–Trinajstić information content (AvgIpc) is 2.81. The number of aromatic carboxylic acids is 1. The van der Waals surface area contributed by atoms with Crippen molar-refractivity contribution in [1.82, 2.24) is 4.98 Å². The smallest absolute Gasteiger partial charge is 0.339 e. The van der Waals surface area contributed by atoms with Gasteiger partial charge in [-0.1, -0.05) is 17.7 Å². The summed E-state index contributed by atoms with van der Waals surface area (Å²) in [7, 11) is 0. The van der Waals surface area contributed by atoms with Gasteiger partial charge < -0.3 is 10.4 Å². The highest BCUT2D eigenvalue weighted by molar-refractivity contribution is 7.07. The first kappa shape index (κ1) is 12.9. The van der Waals surface area contributed by atoms with E-state index in [1.54, 1.807) is 35.0 Å². The van der Waals surface area contributed by atoms with E-state index in [0.717, 1.165) is 12.1 Å². The molecule has 0 unspecified atom stereocenters. The number of carboxylic acids is 1. The quantitative estimate of drug-likeness (QED) is 0.884. The van der Waals surface area contributed by atoms with Crippen LogP contribution in [0.2, 0.25) is 5.02 Å². The Bertz CT molecular complexity index is 543.